The number of nitrogen functional groups attached to an aromatic ring is 1. The van der Waals surface area contributed by atoms with Crippen LogP contribution in [0.2, 0.25) is 0 Å². The highest BCUT2D eigenvalue weighted by Gasteiger charge is 2.22. The number of aromatic nitrogens is 4. The Balaban J connectivity index is 1.49. The molecule has 23 heavy (non-hydrogen) atoms. The molecule has 3 heterocycles. The molecule has 1 aliphatic rings. The van der Waals surface area contributed by atoms with Crippen molar-refractivity contribution in [3.8, 4) is 0 Å². The number of H-pyrrole nitrogens is 1. The maximum Gasteiger partial charge on any atom is 0.134 e. The van der Waals surface area contributed by atoms with Crippen LogP contribution in [0, 0.1) is 5.92 Å². The van der Waals surface area contributed by atoms with Crippen LogP contribution < -0.4 is 10.6 Å². The molecule has 0 aliphatic carbocycles. The summed E-state index contributed by atoms with van der Waals surface area (Å²) in [6.45, 7) is 2.00. The van der Waals surface area contributed by atoms with Gasteiger partial charge in [0.25, 0.3) is 0 Å². The molecule has 6 nitrogen and oxygen atoms in total. The predicted molar refractivity (Wildman–Crippen MR) is 91.2 cm³/mol. The largest absolute Gasteiger partial charge is 0.384 e. The Bertz CT molecular complexity index is 778. The van der Waals surface area contributed by atoms with Crippen LogP contribution in [0.3, 0.4) is 0 Å². The highest BCUT2D eigenvalue weighted by molar-refractivity contribution is 5.74. The zero-order valence-corrected chi connectivity index (χ0v) is 12.9. The van der Waals surface area contributed by atoms with Gasteiger partial charge in [-0.1, -0.05) is 12.1 Å². The molecule has 0 amide bonds. The van der Waals surface area contributed by atoms with E-state index in [9.17, 15) is 0 Å². The quantitative estimate of drug-likeness (QED) is 0.776. The molecule has 118 valence electrons. The van der Waals surface area contributed by atoms with Gasteiger partial charge in [0, 0.05) is 25.6 Å². The molecular weight excluding hydrogens is 288 g/mol. The summed E-state index contributed by atoms with van der Waals surface area (Å²) in [5.74, 6) is 3.09. The Morgan fingerprint density at radius 1 is 1.26 bits per heavy atom. The molecule has 1 aromatic carbocycles. The van der Waals surface area contributed by atoms with E-state index in [-0.39, 0.29) is 0 Å². The number of anilines is 2. The van der Waals surface area contributed by atoms with Crippen molar-refractivity contribution in [1.29, 1.82) is 0 Å². The molecule has 6 heteroatoms. The molecule has 0 spiro atoms. The molecule has 0 unspecified atom stereocenters. The molecule has 0 radical (unpaired) electrons. The fourth-order valence-electron chi connectivity index (χ4n) is 3.35. The molecule has 3 aromatic rings. The van der Waals surface area contributed by atoms with Crippen molar-refractivity contribution in [1.82, 2.24) is 19.9 Å². The highest BCUT2D eigenvalue weighted by Crippen LogP contribution is 2.24. The average molecular weight is 308 g/mol. The van der Waals surface area contributed by atoms with E-state index in [0.717, 1.165) is 48.6 Å². The predicted octanol–water partition coefficient (Wildman–Crippen LogP) is 2.39. The number of hydrogen-bond acceptors (Lipinski definition) is 5. The van der Waals surface area contributed by atoms with Crippen LogP contribution >= 0.6 is 0 Å². The van der Waals surface area contributed by atoms with Gasteiger partial charge >= 0.3 is 0 Å². The van der Waals surface area contributed by atoms with E-state index < -0.39 is 0 Å². The molecular formula is C17H20N6. The lowest BCUT2D eigenvalue weighted by Crippen LogP contribution is -2.37. The number of piperidine rings is 1. The van der Waals surface area contributed by atoms with E-state index in [2.05, 4.69) is 25.9 Å². The van der Waals surface area contributed by atoms with Gasteiger partial charge in [0.15, 0.2) is 0 Å². The summed E-state index contributed by atoms with van der Waals surface area (Å²) < 4.78 is 0. The van der Waals surface area contributed by atoms with Crippen LogP contribution in [-0.2, 0) is 6.42 Å². The lowest BCUT2D eigenvalue weighted by atomic mass is 9.94. The Kier molecular flexibility index (Phi) is 3.57. The number of nitrogens with one attached hydrogen (secondary N) is 1. The second-order valence-corrected chi connectivity index (χ2v) is 6.16. The molecule has 1 fully saturated rings. The number of benzene rings is 1. The Morgan fingerprint density at radius 3 is 3.04 bits per heavy atom. The zero-order chi connectivity index (χ0) is 15.6. The number of aromatic amines is 1. The minimum Gasteiger partial charge on any atom is -0.384 e. The maximum absolute atomic E-state index is 5.77. The Morgan fingerprint density at radius 2 is 2.17 bits per heavy atom. The minimum absolute atomic E-state index is 0.523. The molecule has 0 saturated carbocycles. The SMILES string of the molecule is Nc1cc(N2CCC[C@@H](Cc3nc4ccccc4[nH]3)C2)ncn1. The van der Waals surface area contributed by atoms with Crippen LogP contribution in [0.1, 0.15) is 18.7 Å². The van der Waals surface area contributed by atoms with Gasteiger partial charge in [-0.25, -0.2) is 15.0 Å². The van der Waals surface area contributed by atoms with Gasteiger partial charge in [0.2, 0.25) is 0 Å². The summed E-state index contributed by atoms with van der Waals surface area (Å²) in [6.07, 6.45) is 4.88. The lowest BCUT2D eigenvalue weighted by molar-refractivity contribution is 0.406. The number of rotatable bonds is 3. The second-order valence-electron chi connectivity index (χ2n) is 6.16. The molecule has 1 atom stereocenters. The van der Waals surface area contributed by atoms with Crippen LogP contribution in [-0.4, -0.2) is 33.0 Å². The molecule has 4 rings (SSSR count). The van der Waals surface area contributed by atoms with Crippen molar-refractivity contribution in [2.24, 2.45) is 5.92 Å². The monoisotopic (exact) mass is 308 g/mol. The van der Waals surface area contributed by atoms with Crippen LogP contribution in [0.15, 0.2) is 36.7 Å². The van der Waals surface area contributed by atoms with Gasteiger partial charge in [-0.2, -0.15) is 0 Å². The van der Waals surface area contributed by atoms with Crippen molar-refractivity contribution in [3.05, 3.63) is 42.5 Å². The smallest absolute Gasteiger partial charge is 0.134 e. The van der Waals surface area contributed by atoms with Crippen molar-refractivity contribution < 1.29 is 0 Å². The van der Waals surface area contributed by atoms with Crippen molar-refractivity contribution in [2.75, 3.05) is 23.7 Å². The number of nitrogens with two attached hydrogens (primary N) is 1. The van der Waals surface area contributed by atoms with E-state index in [1.165, 1.54) is 12.7 Å². The number of para-hydroxylation sites is 2. The first-order chi connectivity index (χ1) is 11.3. The van der Waals surface area contributed by atoms with E-state index >= 15 is 0 Å². The summed E-state index contributed by atoms with van der Waals surface area (Å²) in [5, 5.41) is 0. The summed E-state index contributed by atoms with van der Waals surface area (Å²) in [6, 6.07) is 10.0. The van der Waals surface area contributed by atoms with Gasteiger partial charge < -0.3 is 15.6 Å². The number of imidazole rings is 1. The summed E-state index contributed by atoms with van der Waals surface area (Å²) in [4.78, 5) is 18.8. The third-order valence-corrected chi connectivity index (χ3v) is 4.44. The van der Waals surface area contributed by atoms with Crippen molar-refractivity contribution >= 4 is 22.7 Å². The van der Waals surface area contributed by atoms with Gasteiger partial charge in [-0.15, -0.1) is 0 Å². The summed E-state index contributed by atoms with van der Waals surface area (Å²) in [5.41, 5.74) is 7.92. The molecule has 2 aromatic heterocycles. The van der Waals surface area contributed by atoms with Crippen LogP contribution in [0.5, 0.6) is 0 Å². The van der Waals surface area contributed by atoms with Crippen molar-refractivity contribution in [2.45, 2.75) is 19.3 Å². The Labute approximate surface area is 134 Å². The Hall–Kier alpha value is -2.63. The van der Waals surface area contributed by atoms with E-state index in [4.69, 9.17) is 10.7 Å². The minimum atomic E-state index is 0.523. The van der Waals surface area contributed by atoms with Gasteiger partial charge in [-0.05, 0) is 30.9 Å². The normalized spacial score (nSPS) is 18.4. The summed E-state index contributed by atoms with van der Waals surface area (Å²) >= 11 is 0. The molecule has 1 aliphatic heterocycles. The molecule has 0 bridgehead atoms. The third kappa shape index (κ3) is 2.97. The van der Waals surface area contributed by atoms with Gasteiger partial charge in [0.1, 0.15) is 23.8 Å². The second kappa shape index (κ2) is 5.87. The number of hydrogen-bond donors (Lipinski definition) is 2. The first-order valence-electron chi connectivity index (χ1n) is 8.04. The summed E-state index contributed by atoms with van der Waals surface area (Å²) in [7, 11) is 0. The van der Waals surface area contributed by atoms with Gasteiger partial charge in [0.05, 0.1) is 11.0 Å². The fourth-order valence-corrected chi connectivity index (χ4v) is 3.35. The number of fused-ring (bicyclic) bond motifs is 1. The lowest BCUT2D eigenvalue weighted by Gasteiger charge is -2.33. The maximum atomic E-state index is 5.77. The average Bonchev–Trinajstić information content (AvgIpc) is 2.97. The van der Waals surface area contributed by atoms with E-state index in [1.807, 2.05) is 24.3 Å². The van der Waals surface area contributed by atoms with E-state index in [1.54, 1.807) is 0 Å². The highest BCUT2D eigenvalue weighted by atomic mass is 15.2. The first-order valence-corrected chi connectivity index (χ1v) is 8.04. The number of nitrogens with zero attached hydrogens (tertiary/aromatic N) is 4. The molecule has 3 N–H and O–H groups in total. The third-order valence-electron chi connectivity index (χ3n) is 4.44. The molecule has 1 saturated heterocycles. The fraction of sp³-hybridized carbons (Fsp3) is 0.353. The topological polar surface area (TPSA) is 83.7 Å². The van der Waals surface area contributed by atoms with Crippen molar-refractivity contribution in [3.63, 3.8) is 0 Å². The van der Waals surface area contributed by atoms with Crippen LogP contribution in [0.4, 0.5) is 11.6 Å². The zero-order valence-electron chi connectivity index (χ0n) is 12.9. The van der Waals surface area contributed by atoms with Crippen LogP contribution in [0.25, 0.3) is 11.0 Å². The standard InChI is InChI=1S/C17H20N6/c18-15-9-17(20-11-19-15)23-7-3-4-12(10-23)8-16-21-13-5-1-2-6-14(13)22-16/h1-2,5-6,9,11-12H,3-4,7-8,10H2,(H,21,22)(H2,18,19,20)/t12-/m0/s1. The first kappa shape index (κ1) is 14.0. The van der Waals surface area contributed by atoms with E-state index in [0.29, 0.717) is 11.7 Å². The van der Waals surface area contributed by atoms with Gasteiger partial charge in [-0.3, -0.25) is 0 Å².